The van der Waals surface area contributed by atoms with Crippen molar-refractivity contribution in [1.82, 2.24) is 0 Å². The summed E-state index contributed by atoms with van der Waals surface area (Å²) in [4.78, 5) is 0. The summed E-state index contributed by atoms with van der Waals surface area (Å²) in [6.07, 6.45) is 0. The van der Waals surface area contributed by atoms with Crippen molar-refractivity contribution in [3.8, 4) is 44.5 Å². The summed E-state index contributed by atoms with van der Waals surface area (Å²) in [6.45, 7) is 0. The smallest absolute Gasteiger partial charge is 0.135 e. The van der Waals surface area contributed by atoms with E-state index >= 15 is 0 Å². The van der Waals surface area contributed by atoms with Gasteiger partial charge in [-0.3, -0.25) is 0 Å². The molecule has 0 unspecified atom stereocenters. The summed E-state index contributed by atoms with van der Waals surface area (Å²) >= 11 is 0. The fourth-order valence-electron chi connectivity index (χ4n) is 7.69. The largest absolute Gasteiger partial charge is 0.456 e. The Balaban J connectivity index is 1.21. The van der Waals surface area contributed by atoms with Crippen molar-refractivity contribution in [3.05, 3.63) is 182 Å². The van der Waals surface area contributed by atoms with Gasteiger partial charge >= 0.3 is 0 Å². The minimum atomic E-state index is 0.909. The van der Waals surface area contributed by atoms with Crippen molar-refractivity contribution in [3.63, 3.8) is 0 Å². The molecule has 0 radical (unpaired) electrons. The third-order valence-electron chi connectivity index (χ3n) is 10.1. The van der Waals surface area contributed by atoms with Gasteiger partial charge in [0.15, 0.2) is 0 Å². The Morgan fingerprint density at radius 2 is 0.837 bits per heavy atom. The van der Waals surface area contributed by atoms with Crippen LogP contribution in [0.2, 0.25) is 0 Å². The van der Waals surface area contributed by atoms with E-state index in [1.807, 2.05) is 12.1 Å². The zero-order chi connectivity index (χ0) is 32.3. The molecule has 10 rings (SSSR count). The molecule has 0 fully saturated rings. The molecule has 0 aliphatic rings. The maximum absolute atomic E-state index is 6.23. The van der Waals surface area contributed by atoms with E-state index in [2.05, 4.69) is 170 Å². The van der Waals surface area contributed by atoms with Crippen molar-refractivity contribution in [2.75, 3.05) is 0 Å². The highest BCUT2D eigenvalue weighted by molar-refractivity contribution is 6.20. The lowest BCUT2D eigenvalue weighted by Crippen LogP contribution is -1.90. The van der Waals surface area contributed by atoms with Crippen LogP contribution in [-0.4, -0.2) is 0 Å². The van der Waals surface area contributed by atoms with Gasteiger partial charge in [0, 0.05) is 10.8 Å². The minimum Gasteiger partial charge on any atom is -0.456 e. The fraction of sp³-hybridized carbons (Fsp3) is 0. The number of fused-ring (bicyclic) bond motifs is 6. The molecule has 10 aromatic rings. The van der Waals surface area contributed by atoms with Gasteiger partial charge in [-0.2, -0.15) is 0 Å². The lowest BCUT2D eigenvalue weighted by atomic mass is 9.86. The third-order valence-corrected chi connectivity index (χ3v) is 10.1. The van der Waals surface area contributed by atoms with Gasteiger partial charge in [-0.25, -0.2) is 0 Å². The molecule has 228 valence electrons. The number of rotatable bonds is 4. The van der Waals surface area contributed by atoms with E-state index in [0.717, 1.165) is 21.9 Å². The van der Waals surface area contributed by atoms with Crippen LogP contribution in [0.1, 0.15) is 0 Å². The first-order chi connectivity index (χ1) is 24.3. The van der Waals surface area contributed by atoms with Gasteiger partial charge in [0.2, 0.25) is 0 Å². The van der Waals surface area contributed by atoms with Crippen molar-refractivity contribution in [2.45, 2.75) is 0 Å². The predicted octanol–water partition coefficient (Wildman–Crippen LogP) is 13.7. The molecule has 0 N–H and O–H groups in total. The molecule has 1 heterocycles. The standard InChI is InChI=1S/C48H30O/c1-2-11-33(12-3-1)38-15-8-17-41-43(38)30-44-39(34-23-20-32(21-24-34)36-25-22-31-10-4-5-13-35(31)28-36)16-9-18-42(44)48(41)37-26-27-47-45(29-37)40-14-6-7-19-46(40)49-47/h1-30H. The Morgan fingerprint density at radius 1 is 0.265 bits per heavy atom. The molecule has 0 saturated carbocycles. The van der Waals surface area contributed by atoms with Gasteiger partial charge in [-0.05, 0) is 107 Å². The van der Waals surface area contributed by atoms with Crippen LogP contribution in [0.15, 0.2) is 186 Å². The fourth-order valence-corrected chi connectivity index (χ4v) is 7.69. The quantitative estimate of drug-likeness (QED) is 0.178. The molecule has 0 bridgehead atoms. The number of hydrogen-bond acceptors (Lipinski definition) is 1. The second kappa shape index (κ2) is 11.1. The van der Waals surface area contributed by atoms with Crippen LogP contribution in [0.25, 0.3) is 98.8 Å². The van der Waals surface area contributed by atoms with Gasteiger partial charge in [-0.15, -0.1) is 0 Å². The van der Waals surface area contributed by atoms with Crippen molar-refractivity contribution in [1.29, 1.82) is 0 Å². The SMILES string of the molecule is c1ccc(-c2cccc3c(-c4ccc5oc6ccccc6c5c4)c4cccc(-c5ccc(-c6ccc7ccccc7c6)cc5)c4cc23)cc1. The summed E-state index contributed by atoms with van der Waals surface area (Å²) in [5.74, 6) is 0. The molecule has 0 saturated heterocycles. The minimum absolute atomic E-state index is 0.909. The molecule has 0 aliphatic carbocycles. The number of furan rings is 1. The van der Waals surface area contributed by atoms with Gasteiger partial charge in [0.25, 0.3) is 0 Å². The monoisotopic (exact) mass is 622 g/mol. The highest BCUT2D eigenvalue weighted by Gasteiger charge is 2.17. The predicted molar refractivity (Wildman–Crippen MR) is 208 cm³/mol. The highest BCUT2D eigenvalue weighted by atomic mass is 16.3. The Hall–Kier alpha value is -6.44. The Kier molecular flexibility index (Phi) is 6.25. The second-order valence-electron chi connectivity index (χ2n) is 12.9. The molecule has 0 aliphatic heterocycles. The lowest BCUT2D eigenvalue weighted by molar-refractivity contribution is 0.669. The van der Waals surface area contributed by atoms with Crippen LogP contribution in [0, 0.1) is 0 Å². The van der Waals surface area contributed by atoms with Crippen molar-refractivity contribution in [2.24, 2.45) is 0 Å². The molecule has 1 nitrogen and oxygen atoms in total. The lowest BCUT2D eigenvalue weighted by Gasteiger charge is -2.17. The number of hydrogen-bond donors (Lipinski definition) is 0. The van der Waals surface area contributed by atoms with Crippen LogP contribution >= 0.6 is 0 Å². The van der Waals surface area contributed by atoms with E-state index in [-0.39, 0.29) is 0 Å². The molecule has 49 heavy (non-hydrogen) atoms. The Labute approximate surface area is 284 Å². The molecular formula is C48H30O. The van der Waals surface area contributed by atoms with E-state index in [4.69, 9.17) is 4.42 Å². The van der Waals surface area contributed by atoms with Gasteiger partial charge in [0.05, 0.1) is 0 Å². The first-order valence-electron chi connectivity index (χ1n) is 16.8. The number of benzene rings is 9. The number of para-hydroxylation sites is 1. The second-order valence-corrected chi connectivity index (χ2v) is 12.9. The van der Waals surface area contributed by atoms with Crippen LogP contribution < -0.4 is 0 Å². The average molecular weight is 623 g/mol. The summed E-state index contributed by atoms with van der Waals surface area (Å²) in [5.41, 5.74) is 11.6. The molecule has 1 heteroatoms. The average Bonchev–Trinajstić information content (AvgIpc) is 3.55. The molecule has 0 spiro atoms. The Bertz CT molecular complexity index is 2860. The zero-order valence-electron chi connectivity index (χ0n) is 26.7. The van der Waals surface area contributed by atoms with E-state index in [0.29, 0.717) is 0 Å². The zero-order valence-corrected chi connectivity index (χ0v) is 26.7. The topological polar surface area (TPSA) is 13.1 Å². The maximum atomic E-state index is 6.23. The summed E-state index contributed by atoms with van der Waals surface area (Å²) in [7, 11) is 0. The van der Waals surface area contributed by atoms with Crippen LogP contribution in [-0.2, 0) is 0 Å². The van der Waals surface area contributed by atoms with E-state index in [9.17, 15) is 0 Å². The van der Waals surface area contributed by atoms with Gasteiger partial charge in [-0.1, -0.05) is 152 Å². The molecule has 0 amide bonds. The molecule has 1 aromatic heterocycles. The van der Waals surface area contributed by atoms with E-state index < -0.39 is 0 Å². The van der Waals surface area contributed by atoms with Gasteiger partial charge < -0.3 is 4.42 Å². The van der Waals surface area contributed by atoms with Gasteiger partial charge in [0.1, 0.15) is 11.2 Å². The summed E-state index contributed by atoms with van der Waals surface area (Å²) in [5, 5.41) is 9.76. The summed E-state index contributed by atoms with van der Waals surface area (Å²) in [6, 6.07) is 65.9. The molecular weight excluding hydrogens is 593 g/mol. The normalized spacial score (nSPS) is 11.7. The van der Waals surface area contributed by atoms with Crippen LogP contribution in [0.3, 0.4) is 0 Å². The van der Waals surface area contributed by atoms with Crippen molar-refractivity contribution < 1.29 is 4.42 Å². The summed E-state index contributed by atoms with van der Waals surface area (Å²) < 4.78 is 6.23. The first-order valence-corrected chi connectivity index (χ1v) is 16.8. The van der Waals surface area contributed by atoms with E-state index in [1.165, 1.54) is 76.8 Å². The highest BCUT2D eigenvalue weighted by Crippen LogP contribution is 2.44. The van der Waals surface area contributed by atoms with Crippen LogP contribution in [0.4, 0.5) is 0 Å². The Morgan fingerprint density at radius 3 is 1.61 bits per heavy atom. The molecule has 9 aromatic carbocycles. The first kappa shape index (κ1) is 27.7. The van der Waals surface area contributed by atoms with E-state index in [1.54, 1.807) is 0 Å². The van der Waals surface area contributed by atoms with Crippen LogP contribution in [0.5, 0.6) is 0 Å². The molecule has 0 atom stereocenters. The third kappa shape index (κ3) is 4.55. The van der Waals surface area contributed by atoms with Crippen molar-refractivity contribution >= 4 is 54.3 Å². The maximum Gasteiger partial charge on any atom is 0.135 e.